The van der Waals surface area contributed by atoms with E-state index in [0.29, 0.717) is 16.8 Å². The highest BCUT2D eigenvalue weighted by Gasteiger charge is 2.34. The molecule has 0 aromatic heterocycles. The van der Waals surface area contributed by atoms with E-state index < -0.39 is 0 Å². The van der Waals surface area contributed by atoms with Crippen LogP contribution in [-0.4, -0.2) is 27.0 Å². The zero-order chi connectivity index (χ0) is 11.3. The van der Waals surface area contributed by atoms with Crippen molar-refractivity contribution < 1.29 is 9.59 Å². The Balaban J connectivity index is 2.32. The minimum Gasteiger partial charge on any atom is -0.282 e. The molecule has 1 heterocycles. The van der Waals surface area contributed by atoms with Gasteiger partial charge >= 0.3 is 5.12 Å². The molecule has 15 heavy (non-hydrogen) atoms. The van der Waals surface area contributed by atoms with Gasteiger partial charge in [0.15, 0.2) is 0 Å². The van der Waals surface area contributed by atoms with E-state index in [1.807, 2.05) is 6.92 Å². The molecule has 2 nitrogen and oxygen atoms in total. The van der Waals surface area contributed by atoms with E-state index in [9.17, 15) is 9.59 Å². The summed E-state index contributed by atoms with van der Waals surface area (Å²) in [6.07, 6.45) is 4.03. The Hall–Kier alpha value is -0.220. The van der Waals surface area contributed by atoms with Crippen molar-refractivity contribution in [1.82, 2.24) is 0 Å². The molecule has 0 atom stereocenters. The van der Waals surface area contributed by atoms with E-state index in [1.165, 1.54) is 17.8 Å². The molecule has 0 unspecified atom stereocenters. The molecule has 4 heteroatoms. The van der Waals surface area contributed by atoms with Crippen LogP contribution in [0.4, 0.5) is 0 Å². The molecule has 0 aromatic carbocycles. The van der Waals surface area contributed by atoms with Gasteiger partial charge in [0.25, 0.3) is 0 Å². The van der Waals surface area contributed by atoms with E-state index in [-0.39, 0.29) is 16.0 Å². The van der Waals surface area contributed by atoms with Crippen LogP contribution < -0.4 is 0 Å². The van der Waals surface area contributed by atoms with Crippen molar-refractivity contribution in [3.63, 3.8) is 0 Å². The lowest BCUT2D eigenvalue weighted by Gasteiger charge is -2.19. The summed E-state index contributed by atoms with van der Waals surface area (Å²) in [5.74, 6) is 1.96. The first-order valence-corrected chi connectivity index (χ1v) is 7.65. The van der Waals surface area contributed by atoms with Gasteiger partial charge in [-0.25, -0.2) is 4.79 Å². The standard InChI is InChI=1S/C11H17O2S2/c1-3-10(12)14-9-5-7-15(8-6-9)11(13)4-2/h3,9H,1,4-8H2,2H3/q+1. The summed E-state index contributed by atoms with van der Waals surface area (Å²) in [7, 11) is -0.0163. The van der Waals surface area contributed by atoms with Gasteiger partial charge in [-0.3, -0.25) is 4.79 Å². The van der Waals surface area contributed by atoms with E-state index in [1.54, 1.807) is 0 Å². The highest BCUT2D eigenvalue weighted by molar-refractivity contribution is 8.15. The largest absolute Gasteiger partial charge is 0.330 e. The molecule has 1 rings (SSSR count). The maximum Gasteiger partial charge on any atom is 0.330 e. The molecule has 1 fully saturated rings. The second kappa shape index (κ2) is 6.38. The van der Waals surface area contributed by atoms with Gasteiger partial charge in [0.2, 0.25) is 5.12 Å². The lowest BCUT2D eigenvalue weighted by molar-refractivity contribution is -0.111. The monoisotopic (exact) mass is 245 g/mol. The second-order valence-electron chi connectivity index (χ2n) is 3.47. The molecule has 0 radical (unpaired) electrons. The Bertz CT molecular complexity index is 255. The molecule has 0 bridgehead atoms. The Morgan fingerprint density at radius 3 is 2.53 bits per heavy atom. The fourth-order valence-corrected chi connectivity index (χ4v) is 4.96. The van der Waals surface area contributed by atoms with Crippen molar-refractivity contribution in [2.24, 2.45) is 0 Å². The highest BCUT2D eigenvalue weighted by atomic mass is 32.2. The minimum atomic E-state index is -0.0163. The lowest BCUT2D eigenvalue weighted by atomic mass is 10.2. The first-order chi connectivity index (χ1) is 7.17. The van der Waals surface area contributed by atoms with Gasteiger partial charge in [-0.2, -0.15) is 0 Å². The van der Waals surface area contributed by atoms with Crippen molar-refractivity contribution in [2.75, 3.05) is 11.5 Å². The molecule has 0 amide bonds. The third-order valence-corrected chi connectivity index (χ3v) is 6.03. The predicted molar refractivity (Wildman–Crippen MR) is 68.2 cm³/mol. The zero-order valence-electron chi connectivity index (χ0n) is 9.03. The van der Waals surface area contributed by atoms with Crippen LogP contribution in [0.3, 0.4) is 0 Å². The van der Waals surface area contributed by atoms with Gasteiger partial charge in [0.1, 0.15) is 11.5 Å². The topological polar surface area (TPSA) is 34.1 Å². The predicted octanol–water partition coefficient (Wildman–Crippen LogP) is 2.15. The number of hydrogen-bond donors (Lipinski definition) is 0. The molecule has 0 saturated carbocycles. The number of carbonyl (C=O) groups is 2. The van der Waals surface area contributed by atoms with Crippen LogP contribution in [0.1, 0.15) is 26.2 Å². The molecule has 84 valence electrons. The van der Waals surface area contributed by atoms with Crippen molar-refractivity contribution >= 4 is 32.9 Å². The van der Waals surface area contributed by atoms with Crippen molar-refractivity contribution in [1.29, 1.82) is 0 Å². The summed E-state index contributed by atoms with van der Waals surface area (Å²) >= 11 is 1.38. The van der Waals surface area contributed by atoms with Crippen molar-refractivity contribution in [3.05, 3.63) is 12.7 Å². The van der Waals surface area contributed by atoms with Gasteiger partial charge in [-0.05, 0) is 6.08 Å². The fourth-order valence-electron chi connectivity index (χ4n) is 1.56. The van der Waals surface area contributed by atoms with E-state index in [4.69, 9.17) is 0 Å². The maximum atomic E-state index is 11.5. The van der Waals surface area contributed by atoms with E-state index in [2.05, 4.69) is 6.58 Å². The summed E-state index contributed by atoms with van der Waals surface area (Å²) < 4.78 is 0. The summed E-state index contributed by atoms with van der Waals surface area (Å²) in [6, 6.07) is 0. The summed E-state index contributed by atoms with van der Waals surface area (Å²) in [6.45, 7) is 5.39. The van der Waals surface area contributed by atoms with Gasteiger partial charge in [-0.1, -0.05) is 25.3 Å². The first kappa shape index (κ1) is 12.8. The average molecular weight is 245 g/mol. The van der Waals surface area contributed by atoms with Crippen LogP contribution in [0.25, 0.3) is 0 Å². The molecule has 0 aromatic rings. The van der Waals surface area contributed by atoms with Crippen LogP contribution in [-0.2, 0) is 20.5 Å². The fraction of sp³-hybridized carbons (Fsp3) is 0.636. The SMILES string of the molecule is C=CC(=O)SC1CC[S+](C(=O)CC)CC1. The molecular weight excluding hydrogens is 228 g/mol. The normalized spacial score (nSPS) is 25.9. The minimum absolute atomic E-state index is 0.0163. The molecule has 1 aliphatic rings. The Labute approximate surface area is 98.2 Å². The van der Waals surface area contributed by atoms with Crippen LogP contribution in [0.5, 0.6) is 0 Å². The van der Waals surface area contributed by atoms with Gasteiger partial charge in [-0.15, -0.1) is 0 Å². The lowest BCUT2D eigenvalue weighted by Crippen LogP contribution is -2.31. The van der Waals surface area contributed by atoms with Crippen molar-refractivity contribution in [3.8, 4) is 0 Å². The Morgan fingerprint density at radius 2 is 2.07 bits per heavy atom. The molecule has 1 saturated heterocycles. The molecule has 0 aliphatic carbocycles. The Morgan fingerprint density at radius 1 is 1.47 bits per heavy atom. The van der Waals surface area contributed by atoms with Crippen LogP contribution >= 0.6 is 11.8 Å². The average Bonchev–Trinajstić information content (AvgIpc) is 2.29. The smallest absolute Gasteiger partial charge is 0.282 e. The van der Waals surface area contributed by atoms with Gasteiger partial charge in [0.05, 0.1) is 17.3 Å². The maximum absolute atomic E-state index is 11.5. The Kier molecular flexibility index (Phi) is 5.47. The quantitative estimate of drug-likeness (QED) is 0.564. The first-order valence-electron chi connectivity index (χ1n) is 5.20. The van der Waals surface area contributed by atoms with E-state index >= 15 is 0 Å². The molecule has 1 aliphatic heterocycles. The number of hydrogen-bond acceptors (Lipinski definition) is 3. The molecule has 0 N–H and O–H groups in total. The van der Waals surface area contributed by atoms with Crippen LogP contribution in [0.2, 0.25) is 0 Å². The molecular formula is C11H17O2S2+. The third-order valence-electron chi connectivity index (χ3n) is 2.43. The van der Waals surface area contributed by atoms with Crippen molar-refractivity contribution in [2.45, 2.75) is 31.4 Å². The highest BCUT2D eigenvalue weighted by Crippen LogP contribution is 2.26. The van der Waals surface area contributed by atoms with Crippen LogP contribution in [0.15, 0.2) is 12.7 Å². The summed E-state index contributed by atoms with van der Waals surface area (Å²) in [5, 5.41) is 0.876. The van der Waals surface area contributed by atoms with Gasteiger partial charge < -0.3 is 0 Å². The number of rotatable bonds is 3. The van der Waals surface area contributed by atoms with Gasteiger partial charge in [0, 0.05) is 18.1 Å². The number of carbonyl (C=O) groups excluding carboxylic acids is 2. The van der Waals surface area contributed by atoms with E-state index in [0.717, 1.165) is 24.3 Å². The summed E-state index contributed by atoms with van der Waals surface area (Å²) in [4.78, 5) is 22.6. The summed E-state index contributed by atoms with van der Waals surface area (Å²) in [5.41, 5.74) is 0. The van der Waals surface area contributed by atoms with Crippen LogP contribution in [0, 0.1) is 0 Å². The second-order valence-corrected chi connectivity index (χ2v) is 7.03. The third kappa shape index (κ3) is 4.03. The zero-order valence-corrected chi connectivity index (χ0v) is 10.7. The number of thioether (sulfide) groups is 1. The molecule has 0 spiro atoms.